The molecule has 0 fully saturated rings. The zero-order valence-electron chi connectivity index (χ0n) is 34.1. The van der Waals surface area contributed by atoms with E-state index in [0.29, 0.717) is 11.3 Å². The molecule has 0 atom stereocenters. The molecule has 5 aromatic carbocycles. The van der Waals surface area contributed by atoms with Crippen LogP contribution in [-0.4, -0.2) is 23.2 Å². The Morgan fingerprint density at radius 2 is 1.41 bits per heavy atom. The van der Waals surface area contributed by atoms with Gasteiger partial charge in [-0.05, 0) is 62.6 Å². The fourth-order valence-electron chi connectivity index (χ4n) is 7.56. The van der Waals surface area contributed by atoms with Gasteiger partial charge in [-0.2, -0.15) is 11.3 Å². The molecule has 5 heteroatoms. The maximum atomic E-state index is 7.99. The van der Waals surface area contributed by atoms with Gasteiger partial charge in [0.1, 0.15) is 0 Å². The number of benzene rings is 5. The molecule has 0 bridgehead atoms. The fraction of sp³-hybridized carbons (Fsp3) is 0.184. The van der Waals surface area contributed by atoms with E-state index < -0.39 is 20.1 Å². The van der Waals surface area contributed by atoms with Crippen molar-refractivity contribution in [2.45, 2.75) is 56.7 Å². The first-order valence-electron chi connectivity index (χ1n) is 19.9. The number of thiophene rings is 1. The van der Waals surface area contributed by atoms with Gasteiger partial charge in [0, 0.05) is 35.1 Å². The molecule has 0 unspecified atom stereocenters. The second-order valence-electron chi connectivity index (χ2n) is 15.0. The molecule has 1 radical (unpaired) electrons. The van der Waals surface area contributed by atoms with Crippen LogP contribution < -0.4 is 4.40 Å². The van der Waals surface area contributed by atoms with Crippen LogP contribution in [0.25, 0.3) is 64.9 Å². The smallest absolute Gasteiger partial charge is 0.0280 e. The van der Waals surface area contributed by atoms with E-state index in [9.17, 15) is 0 Å². The van der Waals surface area contributed by atoms with Gasteiger partial charge in [0.25, 0.3) is 0 Å². The van der Waals surface area contributed by atoms with Crippen molar-refractivity contribution in [3.63, 3.8) is 0 Å². The van der Waals surface area contributed by atoms with Crippen molar-refractivity contribution >= 4 is 49.2 Å². The predicted octanol–water partition coefficient (Wildman–Crippen LogP) is 12.8. The van der Waals surface area contributed by atoms with Crippen molar-refractivity contribution in [1.29, 1.82) is 0 Å². The summed E-state index contributed by atoms with van der Waals surface area (Å²) < 4.78 is 27.9. The Morgan fingerprint density at radius 1 is 0.685 bits per heavy atom. The molecule has 3 heterocycles. The number of hydrogen-bond acceptors (Lipinski definition) is 3. The number of fused-ring (bicyclic) bond motifs is 4. The maximum absolute atomic E-state index is 7.99. The third-order valence-electron chi connectivity index (χ3n) is 10.3. The summed E-state index contributed by atoms with van der Waals surface area (Å²) in [5.41, 5.74) is 12.5. The van der Waals surface area contributed by atoms with Crippen LogP contribution in [0.1, 0.15) is 39.2 Å². The van der Waals surface area contributed by atoms with Crippen LogP contribution in [0.4, 0.5) is 0 Å². The van der Waals surface area contributed by atoms with Gasteiger partial charge in [0.15, 0.2) is 0 Å². The second kappa shape index (κ2) is 16.3. The fourth-order valence-corrected chi connectivity index (χ4v) is 12.2. The summed E-state index contributed by atoms with van der Waals surface area (Å²) in [4.78, 5) is 9.35. The van der Waals surface area contributed by atoms with Gasteiger partial charge < -0.3 is 4.98 Å². The van der Waals surface area contributed by atoms with Crippen LogP contribution in [0.15, 0.2) is 128 Å². The largest absolute Gasteiger partial charge is 0.304 e. The van der Waals surface area contributed by atoms with Crippen LogP contribution in [0.3, 0.4) is 0 Å². The van der Waals surface area contributed by atoms with Gasteiger partial charge in [-0.15, -0.1) is 23.8 Å². The minimum Gasteiger partial charge on any atom is -0.304 e. The van der Waals surface area contributed by atoms with E-state index in [1.165, 1.54) is 79.7 Å². The monoisotopic (exact) mass is 962 g/mol. The molecule has 1 aliphatic rings. The first-order valence-corrected chi connectivity index (χ1v) is 26.6. The van der Waals surface area contributed by atoms with Crippen molar-refractivity contribution in [1.82, 2.24) is 9.97 Å². The number of rotatable bonds is 5. The molecule has 0 N–H and O–H groups in total. The van der Waals surface area contributed by atoms with Crippen molar-refractivity contribution in [2.24, 2.45) is 0 Å². The molecule has 271 valence electrons. The average molecular weight is 961 g/mol. The molecular formula is C49H44GeIrN2S-2. The normalized spacial score (nSPS) is 13.5. The van der Waals surface area contributed by atoms with Crippen molar-refractivity contribution in [3.05, 3.63) is 162 Å². The number of pyridine rings is 2. The number of hydrogen-bond donors (Lipinski definition) is 0. The molecule has 54 heavy (non-hydrogen) atoms. The number of nitrogens with zero attached hydrogens (tertiary/aromatic N) is 2. The molecule has 0 spiro atoms. The van der Waals surface area contributed by atoms with Gasteiger partial charge in [-0.1, -0.05) is 78.2 Å². The molecule has 0 amide bonds. The van der Waals surface area contributed by atoms with Gasteiger partial charge in [-0.25, -0.2) is 0 Å². The second-order valence-corrected chi connectivity index (χ2v) is 26.6. The van der Waals surface area contributed by atoms with Crippen molar-refractivity contribution in [3.8, 4) is 44.8 Å². The molecular weight excluding hydrogens is 913 g/mol. The predicted molar refractivity (Wildman–Crippen MR) is 230 cm³/mol. The Kier molecular flexibility index (Phi) is 10.3. The minimum atomic E-state index is -2.25. The Labute approximate surface area is 344 Å². The summed E-state index contributed by atoms with van der Waals surface area (Å²) in [6.07, 6.45) is 8.64. The first kappa shape index (κ1) is 34.3. The van der Waals surface area contributed by atoms with E-state index in [4.69, 9.17) is 9.10 Å². The number of aryl methyl sites for hydroxylation is 3. The topological polar surface area (TPSA) is 25.8 Å². The summed E-state index contributed by atoms with van der Waals surface area (Å²) in [5.74, 6) is 7.29. The Balaban J connectivity index is 0.000000193. The Morgan fingerprint density at radius 3 is 2.15 bits per heavy atom. The summed E-state index contributed by atoms with van der Waals surface area (Å²) in [6.45, 7) is -0.00578. The molecule has 3 aromatic heterocycles. The summed E-state index contributed by atoms with van der Waals surface area (Å²) in [5, 5.41) is 2.35. The van der Waals surface area contributed by atoms with Crippen LogP contribution in [0, 0.1) is 25.9 Å². The summed E-state index contributed by atoms with van der Waals surface area (Å²) in [7, 11) is 0. The first-order chi connectivity index (χ1) is 26.9. The van der Waals surface area contributed by atoms with E-state index in [1.807, 2.05) is 48.5 Å². The van der Waals surface area contributed by atoms with Gasteiger partial charge >= 0.3 is 131 Å². The summed E-state index contributed by atoms with van der Waals surface area (Å²) >= 11 is -0.0617. The Hall–Kier alpha value is -4.19. The van der Waals surface area contributed by atoms with E-state index >= 15 is 0 Å². The quantitative estimate of drug-likeness (QED) is 0.127. The SMILES string of the molecule is Cc1cc(-c2[c-]ccc3c2CCCC3)nc[c]1[Ge]([CH3])([CH3])[CH3].[2H]C([2H])([2H])c1cnc(-c2[c-]cc3sc4ccc(-c5ccccc5)cc4c3c2)cc1-c1ccccc1.[Ir]. The van der Waals surface area contributed by atoms with Crippen molar-refractivity contribution < 1.29 is 24.2 Å². The molecule has 0 aliphatic heterocycles. The minimum absolute atomic E-state index is 0. The molecule has 8 aromatic rings. The van der Waals surface area contributed by atoms with Crippen molar-refractivity contribution in [2.75, 3.05) is 0 Å². The summed E-state index contributed by atoms with van der Waals surface area (Å²) in [6, 6.07) is 46.0. The third-order valence-corrected chi connectivity index (χ3v) is 15.9. The molecule has 2 nitrogen and oxygen atoms in total. The zero-order chi connectivity index (χ0) is 39.0. The van der Waals surface area contributed by atoms with Gasteiger partial charge in [0.2, 0.25) is 0 Å². The standard InChI is InChI=1S/C30H20NS.C19H24GeN.Ir/c1-20-19-31-28(18-25(20)22-10-6-3-7-11-22)24-13-15-30-27(17-24)26-16-23(12-14-29(26)32-30)21-8-4-2-5-9-21;1-14-12-19(21-13-18(14)20(2,3)4)17-11-7-9-15-8-5-6-10-16(15)17;/h2-12,14-19H,1H3;7,9,12-13H,5-6,8,10H2,1-4H3;/q2*-1;/i1D3;;. The van der Waals surface area contributed by atoms with E-state index in [2.05, 4.69) is 114 Å². The zero-order valence-corrected chi connectivity index (χ0v) is 36.4. The number of aromatic nitrogens is 2. The molecule has 0 saturated carbocycles. The van der Waals surface area contributed by atoms with Crippen LogP contribution in [0.2, 0.25) is 17.3 Å². The molecule has 1 aliphatic carbocycles. The average Bonchev–Trinajstić information content (AvgIpc) is 3.58. The maximum Gasteiger partial charge on any atom is 0.0280 e. The molecule has 0 saturated heterocycles. The van der Waals surface area contributed by atoms with Crippen LogP contribution in [-0.2, 0) is 32.9 Å². The van der Waals surface area contributed by atoms with Gasteiger partial charge in [0.05, 0.1) is 0 Å². The molecule has 9 rings (SSSR count). The van der Waals surface area contributed by atoms with Gasteiger partial charge in [-0.3, -0.25) is 0 Å². The van der Waals surface area contributed by atoms with E-state index in [1.54, 1.807) is 11.3 Å². The Bertz CT molecular complexity index is 2690. The van der Waals surface area contributed by atoms with E-state index in [-0.39, 0.29) is 25.7 Å². The third kappa shape index (κ3) is 7.95. The van der Waals surface area contributed by atoms with E-state index in [0.717, 1.165) is 26.9 Å². The van der Waals surface area contributed by atoms with Crippen LogP contribution >= 0.6 is 11.3 Å². The van der Waals surface area contributed by atoms with Crippen LogP contribution in [0.5, 0.6) is 0 Å².